The molecule has 0 saturated heterocycles. The highest BCUT2D eigenvalue weighted by Gasteiger charge is 2.12. The van der Waals surface area contributed by atoms with E-state index >= 15 is 0 Å². The molecule has 0 atom stereocenters. The molecule has 0 amide bonds. The highest BCUT2D eigenvalue weighted by molar-refractivity contribution is 7.98. The number of aromatic nitrogens is 2. The summed E-state index contributed by atoms with van der Waals surface area (Å²) in [4.78, 5) is 4.67. The highest BCUT2D eigenvalue weighted by Crippen LogP contribution is 2.26. The van der Waals surface area contributed by atoms with Crippen molar-refractivity contribution in [3.8, 4) is 0 Å². The van der Waals surface area contributed by atoms with E-state index in [9.17, 15) is 0 Å². The van der Waals surface area contributed by atoms with Crippen molar-refractivity contribution in [2.75, 3.05) is 7.05 Å². The van der Waals surface area contributed by atoms with Gasteiger partial charge in [-0.15, -0.1) is 0 Å². The average molecular weight is 273 g/mol. The molecule has 0 spiro atoms. The van der Waals surface area contributed by atoms with Crippen molar-refractivity contribution in [1.82, 2.24) is 14.7 Å². The lowest BCUT2D eigenvalue weighted by Gasteiger charge is -2.03. The van der Waals surface area contributed by atoms with E-state index in [2.05, 4.69) is 14.7 Å². The minimum absolute atomic E-state index is 0.797. The second-order valence-electron chi connectivity index (χ2n) is 4.19. The molecule has 0 radical (unpaired) electrons. The van der Waals surface area contributed by atoms with Gasteiger partial charge in [0.15, 0.2) is 0 Å². The smallest absolute Gasteiger partial charge is 0.138 e. The Bertz CT molecular complexity index is 660. The second-order valence-corrected chi connectivity index (χ2v) is 5.15. The summed E-state index contributed by atoms with van der Waals surface area (Å²) >= 11 is 1.70. The van der Waals surface area contributed by atoms with Gasteiger partial charge in [-0.05, 0) is 31.3 Å². The third-order valence-electron chi connectivity index (χ3n) is 2.87. The zero-order valence-electron chi connectivity index (χ0n) is 10.7. The standard InChI is InChI=1S/C14H15N3OS/c1-15-9-12-14(19-10-11-5-4-8-18-11)16-13-6-2-3-7-17(12)13/h2-8,15H,9-10H2,1H3. The number of imidazole rings is 1. The summed E-state index contributed by atoms with van der Waals surface area (Å²) < 4.78 is 7.48. The van der Waals surface area contributed by atoms with Gasteiger partial charge in [0, 0.05) is 12.7 Å². The van der Waals surface area contributed by atoms with Gasteiger partial charge >= 0.3 is 0 Å². The second kappa shape index (κ2) is 5.50. The Labute approximate surface area is 115 Å². The fourth-order valence-corrected chi connectivity index (χ4v) is 2.94. The molecule has 3 aromatic heterocycles. The normalized spacial score (nSPS) is 11.2. The predicted molar refractivity (Wildman–Crippen MR) is 76.2 cm³/mol. The topological polar surface area (TPSA) is 42.5 Å². The third-order valence-corrected chi connectivity index (χ3v) is 3.90. The van der Waals surface area contributed by atoms with Crippen LogP contribution in [0.4, 0.5) is 0 Å². The molecule has 0 saturated carbocycles. The number of pyridine rings is 1. The molecular formula is C14H15N3OS. The molecule has 1 N–H and O–H groups in total. The monoisotopic (exact) mass is 273 g/mol. The minimum Gasteiger partial charge on any atom is -0.468 e. The molecule has 3 aromatic rings. The molecule has 5 heteroatoms. The molecule has 0 bridgehead atoms. The zero-order chi connectivity index (χ0) is 13.1. The third kappa shape index (κ3) is 2.52. The van der Waals surface area contributed by atoms with Gasteiger partial charge in [0.25, 0.3) is 0 Å². The van der Waals surface area contributed by atoms with Gasteiger partial charge in [0.2, 0.25) is 0 Å². The van der Waals surface area contributed by atoms with E-state index in [1.807, 2.05) is 43.6 Å². The number of furan rings is 1. The van der Waals surface area contributed by atoms with Crippen molar-refractivity contribution in [1.29, 1.82) is 0 Å². The Balaban J connectivity index is 1.90. The number of fused-ring (bicyclic) bond motifs is 1. The van der Waals surface area contributed by atoms with Crippen LogP contribution in [0.15, 0.2) is 52.2 Å². The Morgan fingerprint density at radius 1 is 1.32 bits per heavy atom. The van der Waals surface area contributed by atoms with Crippen LogP contribution in [0.3, 0.4) is 0 Å². The molecule has 4 nitrogen and oxygen atoms in total. The molecule has 3 heterocycles. The molecule has 0 aliphatic rings. The van der Waals surface area contributed by atoms with E-state index in [4.69, 9.17) is 4.42 Å². The van der Waals surface area contributed by atoms with Crippen LogP contribution in [0, 0.1) is 0 Å². The first kappa shape index (κ1) is 12.3. The van der Waals surface area contributed by atoms with Crippen LogP contribution in [-0.4, -0.2) is 16.4 Å². The van der Waals surface area contributed by atoms with Gasteiger partial charge < -0.3 is 14.1 Å². The summed E-state index contributed by atoms with van der Waals surface area (Å²) in [6.45, 7) is 0.797. The molecule has 98 valence electrons. The Hall–Kier alpha value is -1.72. The number of rotatable bonds is 5. The molecule has 0 aliphatic heterocycles. The van der Waals surface area contributed by atoms with Crippen molar-refractivity contribution in [3.05, 3.63) is 54.2 Å². The Morgan fingerprint density at radius 2 is 2.26 bits per heavy atom. The van der Waals surface area contributed by atoms with E-state index < -0.39 is 0 Å². The summed E-state index contributed by atoms with van der Waals surface area (Å²) in [6.07, 6.45) is 3.75. The molecule has 0 aliphatic carbocycles. The average Bonchev–Trinajstić information content (AvgIpc) is 3.05. The lowest BCUT2D eigenvalue weighted by Crippen LogP contribution is -2.08. The SMILES string of the molecule is CNCc1c(SCc2ccco2)nc2ccccn12. The van der Waals surface area contributed by atoms with Gasteiger partial charge in [-0.2, -0.15) is 0 Å². The van der Waals surface area contributed by atoms with Crippen LogP contribution in [0.1, 0.15) is 11.5 Å². The van der Waals surface area contributed by atoms with Crippen LogP contribution in [0.25, 0.3) is 5.65 Å². The first-order valence-corrected chi connectivity index (χ1v) is 7.13. The first-order chi connectivity index (χ1) is 9.38. The Kier molecular flexibility index (Phi) is 3.57. The first-order valence-electron chi connectivity index (χ1n) is 6.14. The van der Waals surface area contributed by atoms with Crippen LogP contribution < -0.4 is 5.32 Å². The lowest BCUT2D eigenvalue weighted by molar-refractivity contribution is 0.530. The maximum atomic E-state index is 5.36. The summed E-state index contributed by atoms with van der Waals surface area (Å²) in [7, 11) is 1.95. The number of hydrogen-bond donors (Lipinski definition) is 1. The minimum atomic E-state index is 0.797. The molecule has 0 fully saturated rings. The lowest BCUT2D eigenvalue weighted by atomic mass is 10.4. The highest BCUT2D eigenvalue weighted by atomic mass is 32.2. The summed E-state index contributed by atoms with van der Waals surface area (Å²) in [6, 6.07) is 9.95. The fraction of sp³-hybridized carbons (Fsp3) is 0.214. The summed E-state index contributed by atoms with van der Waals surface area (Å²) in [5, 5.41) is 4.25. The number of hydrogen-bond acceptors (Lipinski definition) is 4. The van der Waals surface area contributed by atoms with Gasteiger partial charge in [-0.1, -0.05) is 17.8 Å². The van der Waals surface area contributed by atoms with Crippen molar-refractivity contribution in [3.63, 3.8) is 0 Å². The molecule has 0 aromatic carbocycles. The molecule has 19 heavy (non-hydrogen) atoms. The van der Waals surface area contributed by atoms with Gasteiger partial charge in [-0.3, -0.25) is 0 Å². The van der Waals surface area contributed by atoms with Crippen molar-refractivity contribution < 1.29 is 4.42 Å². The fourth-order valence-electron chi connectivity index (χ4n) is 2.00. The van der Waals surface area contributed by atoms with Crippen LogP contribution in [0.2, 0.25) is 0 Å². The van der Waals surface area contributed by atoms with E-state index in [-0.39, 0.29) is 0 Å². The number of nitrogens with one attached hydrogen (secondary N) is 1. The van der Waals surface area contributed by atoms with Gasteiger partial charge in [0.05, 0.1) is 17.7 Å². The van der Waals surface area contributed by atoms with Gasteiger partial charge in [-0.25, -0.2) is 4.98 Å². The number of thioether (sulfide) groups is 1. The van der Waals surface area contributed by atoms with Crippen LogP contribution in [0.5, 0.6) is 0 Å². The quantitative estimate of drug-likeness (QED) is 0.726. The van der Waals surface area contributed by atoms with Crippen molar-refractivity contribution in [2.24, 2.45) is 0 Å². The van der Waals surface area contributed by atoms with Crippen LogP contribution >= 0.6 is 11.8 Å². The van der Waals surface area contributed by atoms with E-state index in [1.165, 1.54) is 5.69 Å². The van der Waals surface area contributed by atoms with E-state index in [1.54, 1.807) is 18.0 Å². The maximum absolute atomic E-state index is 5.36. The molecule has 3 rings (SSSR count). The summed E-state index contributed by atoms with van der Waals surface area (Å²) in [5.41, 5.74) is 2.17. The Morgan fingerprint density at radius 3 is 3.05 bits per heavy atom. The largest absolute Gasteiger partial charge is 0.468 e. The zero-order valence-corrected chi connectivity index (χ0v) is 11.5. The van der Waals surface area contributed by atoms with Crippen molar-refractivity contribution in [2.45, 2.75) is 17.3 Å². The maximum Gasteiger partial charge on any atom is 0.138 e. The molecule has 0 unspecified atom stereocenters. The van der Waals surface area contributed by atoms with E-state index in [0.29, 0.717) is 0 Å². The summed E-state index contributed by atoms with van der Waals surface area (Å²) in [5.74, 6) is 1.77. The predicted octanol–water partition coefficient (Wildman–Crippen LogP) is 2.94. The van der Waals surface area contributed by atoms with Crippen molar-refractivity contribution >= 4 is 17.4 Å². The van der Waals surface area contributed by atoms with Gasteiger partial charge in [0.1, 0.15) is 16.4 Å². The molecular weight excluding hydrogens is 258 g/mol. The number of nitrogens with zero attached hydrogens (tertiary/aromatic N) is 2. The van der Waals surface area contributed by atoms with Crippen LogP contribution in [-0.2, 0) is 12.3 Å². The van der Waals surface area contributed by atoms with E-state index in [0.717, 1.165) is 28.7 Å².